The van der Waals surface area contributed by atoms with Crippen molar-refractivity contribution in [1.82, 2.24) is 9.78 Å². The number of rotatable bonds is 5. The van der Waals surface area contributed by atoms with Gasteiger partial charge in [0.15, 0.2) is 5.69 Å². The molecule has 0 bridgehead atoms. The van der Waals surface area contributed by atoms with Crippen LogP contribution in [-0.4, -0.2) is 47.0 Å². The van der Waals surface area contributed by atoms with Gasteiger partial charge in [0.05, 0.1) is 25.5 Å². The van der Waals surface area contributed by atoms with Crippen LogP contribution in [0.25, 0.3) is 16.9 Å². The van der Waals surface area contributed by atoms with Crippen LogP contribution >= 0.6 is 15.9 Å². The molecule has 0 fully saturated rings. The molecule has 0 aliphatic carbocycles. The third-order valence-electron chi connectivity index (χ3n) is 4.12. The topological polar surface area (TPSA) is 108 Å². The van der Waals surface area contributed by atoms with E-state index in [1.165, 1.54) is 37.1 Å². The number of methoxy groups -OCH3 is 2. The van der Waals surface area contributed by atoms with Gasteiger partial charge in [-0.15, -0.1) is 0 Å². The first kappa shape index (κ1) is 20.3. The Labute approximate surface area is 173 Å². The zero-order valence-electron chi connectivity index (χ0n) is 15.4. The second kappa shape index (κ2) is 8.27. The summed E-state index contributed by atoms with van der Waals surface area (Å²) >= 11 is 3.36. The first-order chi connectivity index (χ1) is 13.9. The molecule has 0 unspecified atom stereocenters. The van der Waals surface area contributed by atoms with E-state index >= 15 is 0 Å². The van der Waals surface area contributed by atoms with E-state index in [4.69, 9.17) is 9.47 Å². The van der Waals surface area contributed by atoms with Gasteiger partial charge in [-0.1, -0.05) is 34.1 Å². The number of carboxylic acids is 1. The lowest BCUT2D eigenvalue weighted by Crippen LogP contribution is -2.15. The molecule has 0 saturated carbocycles. The third kappa shape index (κ3) is 3.77. The molecule has 0 aliphatic rings. The maximum Gasteiger partial charge on any atom is 0.357 e. The predicted molar refractivity (Wildman–Crippen MR) is 106 cm³/mol. The van der Waals surface area contributed by atoms with Crippen molar-refractivity contribution in [2.24, 2.45) is 0 Å². The number of hydrogen-bond acceptors (Lipinski definition) is 6. The van der Waals surface area contributed by atoms with Gasteiger partial charge in [-0.2, -0.15) is 5.10 Å². The molecule has 0 spiro atoms. The highest BCUT2D eigenvalue weighted by atomic mass is 79.9. The van der Waals surface area contributed by atoms with Crippen molar-refractivity contribution < 1.29 is 29.0 Å². The maximum atomic E-state index is 12.6. The van der Waals surface area contributed by atoms with Gasteiger partial charge >= 0.3 is 17.9 Å². The number of carboxylic acid groups (broad SMARTS) is 1. The quantitative estimate of drug-likeness (QED) is 0.582. The molecular weight excluding hydrogens is 444 g/mol. The minimum absolute atomic E-state index is 0.00658. The van der Waals surface area contributed by atoms with Crippen molar-refractivity contribution in [2.45, 2.75) is 0 Å². The summed E-state index contributed by atoms with van der Waals surface area (Å²) < 4.78 is 11.5. The lowest BCUT2D eigenvalue weighted by molar-refractivity contribution is 0.0549. The van der Waals surface area contributed by atoms with Crippen molar-refractivity contribution in [3.63, 3.8) is 0 Å². The molecule has 148 valence electrons. The molecule has 0 radical (unpaired) electrons. The Morgan fingerprint density at radius 3 is 2.24 bits per heavy atom. The van der Waals surface area contributed by atoms with Crippen LogP contribution in [0, 0.1) is 0 Å². The van der Waals surface area contributed by atoms with Gasteiger partial charge in [-0.05, 0) is 30.3 Å². The number of esters is 2. The summed E-state index contributed by atoms with van der Waals surface area (Å²) in [6, 6.07) is 13.0. The van der Waals surface area contributed by atoms with Crippen molar-refractivity contribution >= 4 is 33.8 Å². The summed E-state index contributed by atoms with van der Waals surface area (Å²) in [5.74, 6) is -2.75. The summed E-state index contributed by atoms with van der Waals surface area (Å²) in [6.07, 6.45) is 0. The van der Waals surface area contributed by atoms with Crippen molar-refractivity contribution in [3.8, 4) is 16.9 Å². The number of aromatic nitrogens is 2. The Morgan fingerprint density at radius 2 is 1.66 bits per heavy atom. The second-order valence-electron chi connectivity index (χ2n) is 5.80. The minimum atomic E-state index is -1.14. The zero-order chi connectivity index (χ0) is 21.1. The van der Waals surface area contributed by atoms with E-state index in [9.17, 15) is 19.5 Å². The fourth-order valence-corrected chi connectivity index (χ4v) is 3.22. The van der Waals surface area contributed by atoms with Crippen LogP contribution in [0.3, 0.4) is 0 Å². The molecule has 29 heavy (non-hydrogen) atoms. The fraction of sp³-hybridized carbons (Fsp3) is 0.100. The molecule has 3 aromatic rings. The fourth-order valence-electron chi connectivity index (χ4n) is 2.78. The number of benzene rings is 2. The van der Waals surface area contributed by atoms with Crippen LogP contribution in [-0.2, 0) is 9.47 Å². The SMILES string of the molecule is COC(=O)c1c(-c2cc(C(=O)O)ccc2Br)nn(-c2ccccc2)c1C(=O)OC. The van der Waals surface area contributed by atoms with Crippen molar-refractivity contribution in [3.05, 3.63) is 69.8 Å². The number of carbonyl (C=O) groups is 3. The molecule has 2 aromatic carbocycles. The van der Waals surface area contributed by atoms with Crippen LogP contribution < -0.4 is 0 Å². The van der Waals surface area contributed by atoms with Crippen LogP contribution in [0.1, 0.15) is 31.2 Å². The van der Waals surface area contributed by atoms with Gasteiger partial charge in [-0.3, -0.25) is 0 Å². The molecule has 0 saturated heterocycles. The molecule has 3 rings (SSSR count). The molecule has 0 amide bonds. The summed E-state index contributed by atoms with van der Waals surface area (Å²) in [7, 11) is 2.36. The van der Waals surface area contributed by atoms with E-state index < -0.39 is 17.9 Å². The lowest BCUT2D eigenvalue weighted by atomic mass is 10.0. The number of halogens is 1. The Bertz CT molecular complexity index is 1110. The normalized spacial score (nSPS) is 10.4. The Kier molecular flexibility index (Phi) is 5.79. The molecule has 1 N–H and O–H groups in total. The van der Waals surface area contributed by atoms with Gasteiger partial charge in [0.2, 0.25) is 0 Å². The average molecular weight is 459 g/mol. The van der Waals surface area contributed by atoms with Crippen molar-refractivity contribution in [1.29, 1.82) is 0 Å². The van der Waals surface area contributed by atoms with E-state index in [1.807, 2.05) is 0 Å². The van der Waals surface area contributed by atoms with Gasteiger partial charge in [0.25, 0.3) is 0 Å². The van der Waals surface area contributed by atoms with Gasteiger partial charge in [0.1, 0.15) is 11.3 Å². The van der Waals surface area contributed by atoms with Crippen molar-refractivity contribution in [2.75, 3.05) is 14.2 Å². The first-order valence-electron chi connectivity index (χ1n) is 8.27. The Balaban J connectivity index is 2.40. The van der Waals surface area contributed by atoms with E-state index in [1.54, 1.807) is 30.3 Å². The van der Waals surface area contributed by atoms with Gasteiger partial charge < -0.3 is 14.6 Å². The van der Waals surface area contributed by atoms with E-state index in [0.29, 0.717) is 15.7 Å². The smallest absolute Gasteiger partial charge is 0.357 e. The van der Waals surface area contributed by atoms with E-state index in [-0.39, 0.29) is 22.5 Å². The molecule has 1 aromatic heterocycles. The van der Waals surface area contributed by atoms with E-state index in [2.05, 4.69) is 21.0 Å². The largest absolute Gasteiger partial charge is 0.478 e. The standard InChI is InChI=1S/C20H15BrN2O6/c1-28-19(26)15-16(13-10-11(18(24)25)8-9-14(13)21)22-23(17(15)20(27)29-2)12-6-4-3-5-7-12/h3-10H,1-2H3,(H,24,25). The molecule has 0 atom stereocenters. The van der Waals surface area contributed by atoms with Crippen LogP contribution in [0.15, 0.2) is 53.0 Å². The highest BCUT2D eigenvalue weighted by Gasteiger charge is 2.32. The van der Waals surface area contributed by atoms with Crippen LogP contribution in [0.5, 0.6) is 0 Å². The highest BCUT2D eigenvalue weighted by Crippen LogP contribution is 2.34. The summed E-state index contributed by atoms with van der Waals surface area (Å²) in [5.41, 5.74) is 0.628. The maximum absolute atomic E-state index is 12.6. The molecule has 8 nitrogen and oxygen atoms in total. The number of aromatic carboxylic acids is 1. The second-order valence-corrected chi connectivity index (χ2v) is 6.66. The minimum Gasteiger partial charge on any atom is -0.478 e. The number of nitrogens with zero attached hydrogens (tertiary/aromatic N) is 2. The number of carbonyl (C=O) groups excluding carboxylic acids is 2. The summed E-state index contributed by atoms with van der Waals surface area (Å²) in [5, 5.41) is 13.8. The zero-order valence-corrected chi connectivity index (χ0v) is 17.0. The molecule has 9 heteroatoms. The molecule has 0 aliphatic heterocycles. The van der Waals surface area contributed by atoms with Crippen LogP contribution in [0.2, 0.25) is 0 Å². The summed E-state index contributed by atoms with van der Waals surface area (Å²) in [6.45, 7) is 0. The summed E-state index contributed by atoms with van der Waals surface area (Å²) in [4.78, 5) is 36.6. The van der Waals surface area contributed by atoms with Gasteiger partial charge in [-0.25, -0.2) is 19.1 Å². The molecule has 1 heterocycles. The van der Waals surface area contributed by atoms with E-state index in [0.717, 1.165) is 0 Å². The Hall–Kier alpha value is -3.46. The number of ether oxygens (including phenoxy) is 2. The third-order valence-corrected chi connectivity index (χ3v) is 4.81. The lowest BCUT2D eigenvalue weighted by Gasteiger charge is -2.07. The number of para-hydroxylation sites is 1. The highest BCUT2D eigenvalue weighted by molar-refractivity contribution is 9.10. The monoisotopic (exact) mass is 458 g/mol. The predicted octanol–water partition coefficient (Wildman–Crippen LogP) is 3.57. The van der Waals surface area contributed by atoms with Crippen LogP contribution in [0.4, 0.5) is 0 Å². The van der Waals surface area contributed by atoms with Gasteiger partial charge in [0, 0.05) is 10.0 Å². The number of hydrogen-bond donors (Lipinski definition) is 1. The average Bonchev–Trinajstić information content (AvgIpc) is 3.13. The molecular formula is C20H15BrN2O6. The Morgan fingerprint density at radius 1 is 1.00 bits per heavy atom. The first-order valence-corrected chi connectivity index (χ1v) is 9.06.